The van der Waals surface area contributed by atoms with Crippen LogP contribution < -0.4 is 5.32 Å². The Morgan fingerprint density at radius 2 is 1.67 bits per heavy atom. The summed E-state index contributed by atoms with van der Waals surface area (Å²) in [6.45, 7) is 3.92. The highest BCUT2D eigenvalue weighted by atomic mass is 32.1. The Hall–Kier alpha value is -4.17. The van der Waals surface area contributed by atoms with Crippen LogP contribution in [0.15, 0.2) is 78.3 Å². The van der Waals surface area contributed by atoms with Gasteiger partial charge >= 0.3 is 0 Å². The summed E-state index contributed by atoms with van der Waals surface area (Å²) in [6.07, 6.45) is 2.09. The minimum atomic E-state index is -0.920. The van der Waals surface area contributed by atoms with Gasteiger partial charge in [-0.3, -0.25) is 24.3 Å². The number of thiazole rings is 1. The first kappa shape index (κ1) is 23.6. The zero-order chi connectivity index (χ0) is 25.2. The van der Waals surface area contributed by atoms with Gasteiger partial charge in [-0.2, -0.15) is 0 Å². The van der Waals surface area contributed by atoms with Gasteiger partial charge < -0.3 is 5.32 Å². The van der Waals surface area contributed by atoms with Crippen molar-refractivity contribution in [2.75, 3.05) is 5.32 Å². The number of amides is 3. The predicted molar refractivity (Wildman–Crippen MR) is 140 cm³/mol. The Balaban J connectivity index is 1.38. The molecule has 1 aliphatic rings. The summed E-state index contributed by atoms with van der Waals surface area (Å²) in [5, 5.41) is 5.68. The fraction of sp³-hybridized carbons (Fsp3) is 0.179. The van der Waals surface area contributed by atoms with Crippen molar-refractivity contribution < 1.29 is 14.4 Å². The number of rotatable bonds is 7. The Kier molecular flexibility index (Phi) is 6.43. The number of imide groups is 1. The maximum absolute atomic E-state index is 13.4. The molecule has 1 atom stereocenters. The molecule has 7 nitrogen and oxygen atoms in total. The standard InChI is InChI=1S/C28H24N4O3S/c1-17(2)14-24(32-27(34)20-10-3-4-11-21(20)28(32)35)25(33)30-19-9-7-8-18(15-19)23-16-36-26(31-23)22-12-5-6-13-29-22/h3-13,15-17,24H,14H2,1-2H3,(H,30,33). The number of benzene rings is 2. The molecule has 0 spiro atoms. The highest BCUT2D eigenvalue weighted by Crippen LogP contribution is 2.30. The first-order valence-corrected chi connectivity index (χ1v) is 12.6. The maximum atomic E-state index is 13.4. The van der Waals surface area contributed by atoms with Crippen LogP contribution in [0.25, 0.3) is 22.0 Å². The van der Waals surface area contributed by atoms with Crippen molar-refractivity contribution in [3.63, 3.8) is 0 Å². The second-order valence-electron chi connectivity index (χ2n) is 8.99. The molecule has 0 saturated carbocycles. The Morgan fingerprint density at radius 3 is 2.33 bits per heavy atom. The van der Waals surface area contributed by atoms with Crippen LogP contribution in [0.2, 0.25) is 0 Å². The molecule has 2 aromatic carbocycles. The van der Waals surface area contributed by atoms with Gasteiger partial charge in [0.15, 0.2) is 0 Å². The molecule has 1 N–H and O–H groups in total. The largest absolute Gasteiger partial charge is 0.324 e. The van der Waals surface area contributed by atoms with E-state index < -0.39 is 23.8 Å². The summed E-state index contributed by atoms with van der Waals surface area (Å²) in [4.78, 5) is 49.7. The van der Waals surface area contributed by atoms with Crippen molar-refractivity contribution in [1.82, 2.24) is 14.9 Å². The van der Waals surface area contributed by atoms with E-state index in [0.717, 1.165) is 26.9 Å². The molecule has 0 bridgehead atoms. The van der Waals surface area contributed by atoms with Crippen molar-refractivity contribution in [2.45, 2.75) is 26.3 Å². The van der Waals surface area contributed by atoms with Crippen LogP contribution in [0, 0.1) is 5.92 Å². The molecule has 5 rings (SSSR count). The number of nitrogens with zero attached hydrogens (tertiary/aromatic N) is 3. The third kappa shape index (κ3) is 4.55. The minimum Gasteiger partial charge on any atom is -0.324 e. The van der Waals surface area contributed by atoms with Crippen molar-refractivity contribution in [2.24, 2.45) is 5.92 Å². The second-order valence-corrected chi connectivity index (χ2v) is 9.85. The quantitative estimate of drug-likeness (QED) is 0.340. The summed E-state index contributed by atoms with van der Waals surface area (Å²) >= 11 is 1.50. The molecule has 0 radical (unpaired) electrons. The Morgan fingerprint density at radius 1 is 0.944 bits per heavy atom. The zero-order valence-electron chi connectivity index (χ0n) is 19.8. The van der Waals surface area contributed by atoms with Gasteiger partial charge in [0.05, 0.1) is 22.5 Å². The molecule has 3 heterocycles. The molecule has 36 heavy (non-hydrogen) atoms. The van der Waals surface area contributed by atoms with E-state index >= 15 is 0 Å². The molecular formula is C28H24N4O3S. The van der Waals surface area contributed by atoms with Gasteiger partial charge in [-0.1, -0.05) is 44.2 Å². The van der Waals surface area contributed by atoms with Gasteiger partial charge in [-0.25, -0.2) is 4.98 Å². The lowest BCUT2D eigenvalue weighted by atomic mass is 10.0. The molecule has 1 aliphatic heterocycles. The molecule has 180 valence electrons. The van der Waals surface area contributed by atoms with E-state index in [4.69, 9.17) is 4.98 Å². The topological polar surface area (TPSA) is 92.3 Å². The lowest BCUT2D eigenvalue weighted by Gasteiger charge is -2.26. The normalized spacial score (nSPS) is 13.7. The van der Waals surface area contributed by atoms with E-state index in [1.807, 2.05) is 55.6 Å². The van der Waals surface area contributed by atoms with E-state index in [1.54, 1.807) is 36.5 Å². The zero-order valence-corrected chi connectivity index (χ0v) is 20.7. The van der Waals surface area contributed by atoms with E-state index in [9.17, 15) is 14.4 Å². The van der Waals surface area contributed by atoms with Gasteiger partial charge in [0.2, 0.25) is 5.91 Å². The molecule has 4 aromatic rings. The van der Waals surface area contributed by atoms with Crippen LogP contribution in [-0.2, 0) is 4.79 Å². The summed E-state index contributed by atoms with van der Waals surface area (Å²) in [5.74, 6) is -1.18. The number of hydrogen-bond acceptors (Lipinski definition) is 6. The third-order valence-corrected chi connectivity index (χ3v) is 6.81. The smallest absolute Gasteiger partial charge is 0.262 e. The molecule has 8 heteroatoms. The van der Waals surface area contributed by atoms with Gasteiger partial charge in [0.25, 0.3) is 11.8 Å². The summed E-state index contributed by atoms with van der Waals surface area (Å²) in [6, 6.07) is 18.8. The third-order valence-electron chi connectivity index (χ3n) is 5.95. The first-order valence-electron chi connectivity index (χ1n) is 11.7. The highest BCUT2D eigenvalue weighted by molar-refractivity contribution is 7.13. The van der Waals surface area contributed by atoms with Gasteiger partial charge in [0.1, 0.15) is 11.0 Å². The molecule has 2 aromatic heterocycles. The Labute approximate surface area is 212 Å². The second kappa shape index (κ2) is 9.83. The van der Waals surface area contributed by atoms with E-state index in [2.05, 4.69) is 10.3 Å². The van der Waals surface area contributed by atoms with Gasteiger partial charge in [-0.15, -0.1) is 11.3 Å². The number of hydrogen-bond donors (Lipinski definition) is 1. The average Bonchev–Trinajstić information content (AvgIpc) is 3.47. The fourth-order valence-corrected chi connectivity index (χ4v) is 5.07. The average molecular weight is 497 g/mol. The number of aromatic nitrogens is 2. The number of fused-ring (bicyclic) bond motifs is 1. The van der Waals surface area contributed by atoms with Crippen LogP contribution in [0.5, 0.6) is 0 Å². The molecular weight excluding hydrogens is 472 g/mol. The number of carbonyl (C=O) groups excluding carboxylic acids is 3. The van der Waals surface area contributed by atoms with Gasteiger partial charge in [0, 0.05) is 22.8 Å². The minimum absolute atomic E-state index is 0.0939. The molecule has 3 amide bonds. The van der Waals surface area contributed by atoms with Crippen LogP contribution in [0.1, 0.15) is 41.0 Å². The molecule has 0 aliphatic carbocycles. The van der Waals surface area contributed by atoms with E-state index in [0.29, 0.717) is 23.2 Å². The van der Waals surface area contributed by atoms with Crippen molar-refractivity contribution in [3.8, 4) is 22.0 Å². The Bertz CT molecular complexity index is 1410. The maximum Gasteiger partial charge on any atom is 0.262 e. The summed E-state index contributed by atoms with van der Waals surface area (Å²) in [7, 11) is 0. The molecule has 1 unspecified atom stereocenters. The number of nitrogens with one attached hydrogen (secondary N) is 1. The molecule has 0 fully saturated rings. The van der Waals surface area contributed by atoms with E-state index in [1.165, 1.54) is 11.3 Å². The first-order chi connectivity index (χ1) is 17.4. The lowest BCUT2D eigenvalue weighted by molar-refractivity contribution is -0.120. The van der Waals surface area contributed by atoms with Crippen molar-refractivity contribution in [3.05, 3.63) is 89.4 Å². The van der Waals surface area contributed by atoms with Crippen LogP contribution in [0.4, 0.5) is 5.69 Å². The number of anilines is 1. The lowest BCUT2D eigenvalue weighted by Crippen LogP contribution is -2.47. The van der Waals surface area contributed by atoms with Crippen LogP contribution in [-0.4, -0.2) is 38.6 Å². The monoisotopic (exact) mass is 496 g/mol. The summed E-state index contributed by atoms with van der Waals surface area (Å²) < 4.78 is 0. The molecule has 0 saturated heterocycles. The number of pyridine rings is 1. The van der Waals surface area contributed by atoms with Crippen molar-refractivity contribution >= 4 is 34.7 Å². The summed E-state index contributed by atoms with van der Waals surface area (Å²) in [5.41, 5.74) is 3.64. The highest BCUT2D eigenvalue weighted by Gasteiger charge is 2.42. The predicted octanol–water partition coefficient (Wildman–Crippen LogP) is 5.52. The number of carbonyl (C=O) groups is 3. The van der Waals surface area contributed by atoms with Gasteiger partial charge in [-0.05, 0) is 48.7 Å². The van der Waals surface area contributed by atoms with E-state index in [-0.39, 0.29) is 5.92 Å². The SMILES string of the molecule is CC(C)CC(C(=O)Nc1cccc(-c2csc(-c3ccccn3)n2)c1)N1C(=O)c2ccccc2C1=O. The van der Waals surface area contributed by atoms with Crippen LogP contribution >= 0.6 is 11.3 Å². The van der Waals surface area contributed by atoms with Crippen molar-refractivity contribution in [1.29, 1.82) is 0 Å². The fourth-order valence-electron chi connectivity index (χ4n) is 4.26. The van der Waals surface area contributed by atoms with Crippen LogP contribution in [0.3, 0.4) is 0 Å².